The van der Waals surface area contributed by atoms with Gasteiger partial charge in [0.05, 0.1) is 5.56 Å². The molecule has 17 heavy (non-hydrogen) atoms. The summed E-state index contributed by atoms with van der Waals surface area (Å²) < 4.78 is 5.42. The van der Waals surface area contributed by atoms with Crippen LogP contribution in [0.2, 0.25) is 0 Å². The number of rotatable bonds is 4. The Hall–Kier alpha value is -1.87. The Kier molecular flexibility index (Phi) is 3.73. The molecular formula is C11H9BrN4O. The molecule has 0 bridgehead atoms. The Morgan fingerprint density at radius 2 is 2.35 bits per heavy atom. The summed E-state index contributed by atoms with van der Waals surface area (Å²) in [5, 5.41) is 15.7. The standard InChI is InChI=1S/C11H9BrN4O/c12-10-5-9(2-1-8(10)6-13)14-4-3-11-15-7-17-16-11/h1-2,5,7,14H,3-4H2. The van der Waals surface area contributed by atoms with Crippen molar-refractivity contribution in [2.75, 3.05) is 11.9 Å². The fourth-order valence-electron chi connectivity index (χ4n) is 1.34. The molecule has 0 spiro atoms. The van der Waals surface area contributed by atoms with E-state index in [0.29, 0.717) is 24.4 Å². The Bertz CT molecular complexity index is 533. The smallest absolute Gasteiger partial charge is 0.213 e. The molecule has 0 fully saturated rings. The average Bonchev–Trinajstić information content (AvgIpc) is 2.82. The zero-order chi connectivity index (χ0) is 12.1. The van der Waals surface area contributed by atoms with Crippen molar-refractivity contribution in [3.05, 3.63) is 40.5 Å². The number of nitrogens with zero attached hydrogens (tertiary/aromatic N) is 3. The molecule has 1 heterocycles. The first kappa shape index (κ1) is 11.6. The number of aromatic nitrogens is 2. The Morgan fingerprint density at radius 3 is 3.00 bits per heavy atom. The lowest BCUT2D eigenvalue weighted by Gasteiger charge is -2.05. The van der Waals surface area contributed by atoms with E-state index >= 15 is 0 Å². The van der Waals surface area contributed by atoms with Crippen molar-refractivity contribution < 1.29 is 4.52 Å². The highest BCUT2D eigenvalue weighted by Gasteiger charge is 2.01. The van der Waals surface area contributed by atoms with E-state index in [9.17, 15) is 0 Å². The van der Waals surface area contributed by atoms with E-state index < -0.39 is 0 Å². The molecule has 0 atom stereocenters. The van der Waals surface area contributed by atoms with Crippen molar-refractivity contribution in [2.24, 2.45) is 0 Å². The number of halogens is 1. The second-order valence-corrected chi connectivity index (χ2v) is 4.18. The number of hydrogen-bond donors (Lipinski definition) is 1. The molecule has 86 valence electrons. The lowest BCUT2D eigenvalue weighted by atomic mass is 10.2. The first-order chi connectivity index (χ1) is 8.29. The zero-order valence-electron chi connectivity index (χ0n) is 8.85. The van der Waals surface area contributed by atoms with Crippen LogP contribution < -0.4 is 5.32 Å². The monoisotopic (exact) mass is 292 g/mol. The van der Waals surface area contributed by atoms with Crippen LogP contribution in [0.25, 0.3) is 0 Å². The highest BCUT2D eigenvalue weighted by molar-refractivity contribution is 9.10. The molecule has 1 aromatic carbocycles. The van der Waals surface area contributed by atoms with Crippen molar-refractivity contribution >= 4 is 21.6 Å². The summed E-state index contributed by atoms with van der Waals surface area (Å²) in [6, 6.07) is 7.59. The number of anilines is 1. The molecule has 0 amide bonds. The lowest BCUT2D eigenvalue weighted by molar-refractivity contribution is 0.410. The van der Waals surface area contributed by atoms with Gasteiger partial charge in [0.15, 0.2) is 5.82 Å². The topological polar surface area (TPSA) is 74.7 Å². The van der Waals surface area contributed by atoms with Crippen molar-refractivity contribution in [3.8, 4) is 6.07 Å². The van der Waals surface area contributed by atoms with Gasteiger partial charge in [-0.1, -0.05) is 5.16 Å². The van der Waals surface area contributed by atoms with E-state index in [1.165, 1.54) is 6.39 Å². The molecule has 5 nitrogen and oxygen atoms in total. The highest BCUT2D eigenvalue weighted by atomic mass is 79.9. The molecular weight excluding hydrogens is 284 g/mol. The summed E-state index contributed by atoms with van der Waals surface area (Å²) >= 11 is 3.34. The quantitative estimate of drug-likeness (QED) is 0.936. The molecule has 0 aliphatic rings. The van der Waals surface area contributed by atoms with E-state index in [4.69, 9.17) is 5.26 Å². The van der Waals surface area contributed by atoms with Crippen molar-refractivity contribution in [1.29, 1.82) is 5.26 Å². The van der Waals surface area contributed by atoms with Gasteiger partial charge in [0, 0.05) is 23.1 Å². The minimum absolute atomic E-state index is 0.619. The SMILES string of the molecule is N#Cc1ccc(NCCc2ncon2)cc1Br. The molecule has 0 aliphatic carbocycles. The van der Waals surface area contributed by atoms with Crippen LogP contribution in [0.5, 0.6) is 0 Å². The summed E-state index contributed by atoms with van der Waals surface area (Å²) in [6.45, 7) is 0.706. The minimum Gasteiger partial charge on any atom is -0.385 e. The summed E-state index contributed by atoms with van der Waals surface area (Å²) in [4.78, 5) is 3.92. The number of nitriles is 1. The fourth-order valence-corrected chi connectivity index (χ4v) is 1.80. The molecule has 0 saturated carbocycles. The second-order valence-electron chi connectivity index (χ2n) is 3.33. The minimum atomic E-state index is 0.619. The largest absolute Gasteiger partial charge is 0.385 e. The van der Waals surface area contributed by atoms with Gasteiger partial charge < -0.3 is 9.84 Å². The summed E-state index contributed by atoms with van der Waals surface area (Å²) in [6.07, 6.45) is 2.00. The fraction of sp³-hybridized carbons (Fsp3) is 0.182. The predicted octanol–water partition coefficient (Wildman–Crippen LogP) is 2.36. The lowest BCUT2D eigenvalue weighted by Crippen LogP contribution is -2.05. The molecule has 0 saturated heterocycles. The van der Waals surface area contributed by atoms with Gasteiger partial charge in [-0.15, -0.1) is 0 Å². The van der Waals surface area contributed by atoms with Crippen LogP contribution >= 0.6 is 15.9 Å². The molecule has 1 N–H and O–H groups in total. The van der Waals surface area contributed by atoms with Gasteiger partial charge in [-0.05, 0) is 34.1 Å². The van der Waals surface area contributed by atoms with E-state index in [-0.39, 0.29) is 0 Å². The average molecular weight is 293 g/mol. The van der Waals surface area contributed by atoms with Crippen LogP contribution in [0, 0.1) is 11.3 Å². The van der Waals surface area contributed by atoms with E-state index in [2.05, 4.69) is 42.0 Å². The normalized spacial score (nSPS) is 9.88. The Labute approximate surface area is 107 Å². The molecule has 2 aromatic rings. The van der Waals surface area contributed by atoms with Crippen LogP contribution in [0.3, 0.4) is 0 Å². The number of nitrogens with one attached hydrogen (secondary N) is 1. The van der Waals surface area contributed by atoms with E-state index in [1.807, 2.05) is 12.1 Å². The van der Waals surface area contributed by atoms with Crippen molar-refractivity contribution in [3.63, 3.8) is 0 Å². The highest BCUT2D eigenvalue weighted by Crippen LogP contribution is 2.20. The first-order valence-electron chi connectivity index (χ1n) is 4.98. The third kappa shape index (κ3) is 3.04. The Morgan fingerprint density at radius 1 is 1.47 bits per heavy atom. The summed E-state index contributed by atoms with van der Waals surface area (Å²) in [7, 11) is 0. The van der Waals surface area contributed by atoms with Gasteiger partial charge in [-0.3, -0.25) is 0 Å². The maximum atomic E-state index is 8.78. The number of hydrogen-bond acceptors (Lipinski definition) is 5. The van der Waals surface area contributed by atoms with Gasteiger partial charge in [-0.2, -0.15) is 10.2 Å². The number of benzene rings is 1. The molecule has 0 radical (unpaired) electrons. The predicted molar refractivity (Wildman–Crippen MR) is 65.3 cm³/mol. The second kappa shape index (κ2) is 5.46. The van der Waals surface area contributed by atoms with Crippen LogP contribution in [0.1, 0.15) is 11.4 Å². The maximum Gasteiger partial charge on any atom is 0.213 e. The van der Waals surface area contributed by atoms with Crippen LogP contribution in [0.15, 0.2) is 33.6 Å². The van der Waals surface area contributed by atoms with Crippen molar-refractivity contribution in [1.82, 2.24) is 10.1 Å². The molecule has 0 unspecified atom stereocenters. The van der Waals surface area contributed by atoms with Gasteiger partial charge >= 0.3 is 0 Å². The van der Waals surface area contributed by atoms with Crippen LogP contribution in [-0.2, 0) is 6.42 Å². The third-order valence-electron chi connectivity index (χ3n) is 2.17. The third-order valence-corrected chi connectivity index (χ3v) is 2.83. The molecule has 0 aliphatic heterocycles. The molecule has 6 heteroatoms. The molecule has 1 aromatic heterocycles. The van der Waals surface area contributed by atoms with Gasteiger partial charge in [0.1, 0.15) is 6.07 Å². The Balaban J connectivity index is 1.91. The van der Waals surface area contributed by atoms with E-state index in [1.54, 1.807) is 6.07 Å². The van der Waals surface area contributed by atoms with Gasteiger partial charge in [-0.25, -0.2) is 0 Å². The van der Waals surface area contributed by atoms with Crippen LogP contribution in [-0.4, -0.2) is 16.7 Å². The van der Waals surface area contributed by atoms with Gasteiger partial charge in [0.25, 0.3) is 0 Å². The first-order valence-corrected chi connectivity index (χ1v) is 5.77. The summed E-state index contributed by atoms with van der Waals surface area (Å²) in [5.74, 6) is 0.671. The van der Waals surface area contributed by atoms with E-state index in [0.717, 1.165) is 10.2 Å². The zero-order valence-corrected chi connectivity index (χ0v) is 10.4. The maximum absolute atomic E-state index is 8.78. The van der Waals surface area contributed by atoms with Crippen LogP contribution in [0.4, 0.5) is 5.69 Å². The van der Waals surface area contributed by atoms with Crippen molar-refractivity contribution in [2.45, 2.75) is 6.42 Å². The molecule has 2 rings (SSSR count). The summed E-state index contributed by atoms with van der Waals surface area (Å²) in [5.41, 5.74) is 1.56. The van der Waals surface area contributed by atoms with Gasteiger partial charge in [0.2, 0.25) is 6.39 Å².